The van der Waals surface area contributed by atoms with Gasteiger partial charge in [-0.05, 0) is 43.2 Å². The van der Waals surface area contributed by atoms with E-state index >= 15 is 0 Å². The molecule has 1 aliphatic heterocycles. The first-order chi connectivity index (χ1) is 12.2. The molecule has 0 unspecified atom stereocenters. The Kier molecular flexibility index (Phi) is 5.63. The van der Waals surface area contributed by atoms with Crippen molar-refractivity contribution in [1.29, 1.82) is 0 Å². The number of hydrogen-bond acceptors (Lipinski definition) is 5. The number of benzene rings is 1. The average Bonchev–Trinajstić information content (AvgIpc) is 2.64. The number of pyridine rings is 1. The number of amides is 1. The van der Waals surface area contributed by atoms with Gasteiger partial charge in [0.25, 0.3) is 5.91 Å². The van der Waals surface area contributed by atoms with E-state index in [0.717, 1.165) is 5.56 Å². The molecule has 25 heavy (non-hydrogen) atoms. The maximum absolute atomic E-state index is 12.5. The molecular formula is C19H22N2O4. The van der Waals surface area contributed by atoms with Gasteiger partial charge in [0.1, 0.15) is 11.9 Å². The Morgan fingerprint density at radius 2 is 2.16 bits per heavy atom. The van der Waals surface area contributed by atoms with Crippen molar-refractivity contribution in [2.45, 2.75) is 32.1 Å². The van der Waals surface area contributed by atoms with Gasteiger partial charge in [-0.15, -0.1) is 0 Å². The molecule has 2 heterocycles. The van der Waals surface area contributed by atoms with E-state index in [2.05, 4.69) is 10.3 Å². The van der Waals surface area contributed by atoms with Crippen molar-refractivity contribution in [3.8, 4) is 5.75 Å². The third kappa shape index (κ3) is 4.35. The van der Waals surface area contributed by atoms with Crippen molar-refractivity contribution in [2.75, 3.05) is 13.2 Å². The van der Waals surface area contributed by atoms with Gasteiger partial charge in [0.05, 0.1) is 24.8 Å². The van der Waals surface area contributed by atoms with Crippen LogP contribution in [0.2, 0.25) is 0 Å². The van der Waals surface area contributed by atoms with Crippen molar-refractivity contribution in [1.82, 2.24) is 10.3 Å². The van der Waals surface area contributed by atoms with Gasteiger partial charge in [-0.3, -0.25) is 9.78 Å². The lowest BCUT2D eigenvalue weighted by Crippen LogP contribution is -2.51. The summed E-state index contributed by atoms with van der Waals surface area (Å²) in [6.07, 6.45) is 2.09. The van der Waals surface area contributed by atoms with Crippen LogP contribution in [0.1, 0.15) is 28.0 Å². The van der Waals surface area contributed by atoms with Crippen molar-refractivity contribution in [2.24, 2.45) is 0 Å². The van der Waals surface area contributed by atoms with Crippen LogP contribution in [0.25, 0.3) is 0 Å². The van der Waals surface area contributed by atoms with Crippen molar-refractivity contribution in [3.63, 3.8) is 0 Å². The molecule has 0 saturated carbocycles. The van der Waals surface area contributed by atoms with E-state index in [9.17, 15) is 4.79 Å². The lowest BCUT2D eigenvalue weighted by molar-refractivity contribution is -0.0135. The molecule has 3 rings (SSSR count). The second kappa shape index (κ2) is 8.09. The molecule has 0 aliphatic carbocycles. The summed E-state index contributed by atoms with van der Waals surface area (Å²) in [7, 11) is 0. The third-order valence-corrected chi connectivity index (χ3v) is 4.27. The molecule has 6 heteroatoms. The number of ether oxygens (including phenoxy) is 2. The van der Waals surface area contributed by atoms with Crippen LogP contribution in [0.15, 0.2) is 42.6 Å². The zero-order valence-electron chi connectivity index (χ0n) is 14.1. The summed E-state index contributed by atoms with van der Waals surface area (Å²) >= 11 is 0. The smallest absolute Gasteiger partial charge is 0.253 e. The molecule has 0 spiro atoms. The Bertz CT molecular complexity index is 718. The van der Waals surface area contributed by atoms with Crippen LogP contribution < -0.4 is 10.1 Å². The lowest BCUT2D eigenvalue weighted by Gasteiger charge is -2.32. The van der Waals surface area contributed by atoms with Crippen molar-refractivity contribution in [3.05, 3.63) is 59.4 Å². The summed E-state index contributed by atoms with van der Waals surface area (Å²) in [5, 5.41) is 12.2. The van der Waals surface area contributed by atoms with Gasteiger partial charge in [0.2, 0.25) is 0 Å². The maximum atomic E-state index is 12.5. The summed E-state index contributed by atoms with van der Waals surface area (Å²) in [6.45, 7) is 2.81. The molecule has 1 saturated heterocycles. The molecule has 1 aromatic heterocycles. The Morgan fingerprint density at radius 1 is 1.36 bits per heavy atom. The molecule has 6 nitrogen and oxygen atoms in total. The highest BCUT2D eigenvalue weighted by Crippen LogP contribution is 2.19. The van der Waals surface area contributed by atoms with Crippen LogP contribution in [-0.2, 0) is 11.3 Å². The molecule has 1 aliphatic rings. The fourth-order valence-electron chi connectivity index (χ4n) is 2.81. The summed E-state index contributed by atoms with van der Waals surface area (Å²) < 4.78 is 11.5. The van der Waals surface area contributed by atoms with Crippen molar-refractivity contribution >= 4 is 5.91 Å². The molecule has 2 atom stereocenters. The Morgan fingerprint density at radius 3 is 2.88 bits per heavy atom. The predicted molar refractivity (Wildman–Crippen MR) is 92.4 cm³/mol. The van der Waals surface area contributed by atoms with Crippen LogP contribution in [0.5, 0.6) is 5.75 Å². The number of carbonyl (C=O) groups excluding carboxylic acids is 1. The van der Waals surface area contributed by atoms with Gasteiger partial charge in [0, 0.05) is 18.5 Å². The van der Waals surface area contributed by atoms with Gasteiger partial charge in [0.15, 0.2) is 0 Å². The second-order valence-electron chi connectivity index (χ2n) is 6.04. The summed E-state index contributed by atoms with van der Waals surface area (Å²) in [5.74, 6) is 0.534. The Hall–Kier alpha value is -2.44. The topological polar surface area (TPSA) is 80.7 Å². The number of aryl methyl sites for hydroxylation is 1. The first-order valence-corrected chi connectivity index (χ1v) is 8.34. The largest absolute Gasteiger partial charge is 0.486 e. The Balaban J connectivity index is 1.68. The first-order valence-electron chi connectivity index (χ1n) is 8.34. The van der Waals surface area contributed by atoms with Crippen LogP contribution in [0.3, 0.4) is 0 Å². The van der Waals surface area contributed by atoms with E-state index in [0.29, 0.717) is 36.6 Å². The van der Waals surface area contributed by atoms with E-state index in [-0.39, 0.29) is 24.7 Å². The summed E-state index contributed by atoms with van der Waals surface area (Å²) in [6, 6.07) is 10.6. The minimum Gasteiger partial charge on any atom is -0.486 e. The number of aromatic nitrogens is 1. The van der Waals surface area contributed by atoms with Gasteiger partial charge in [-0.25, -0.2) is 0 Å². The summed E-state index contributed by atoms with van der Waals surface area (Å²) in [5.41, 5.74) is 2.09. The molecule has 2 aromatic rings. The molecule has 1 amide bonds. The number of rotatable bonds is 5. The van der Waals surface area contributed by atoms with E-state index in [1.807, 2.05) is 31.2 Å². The highest BCUT2D eigenvalue weighted by Gasteiger charge is 2.29. The Labute approximate surface area is 146 Å². The number of carbonyl (C=O) groups is 1. The van der Waals surface area contributed by atoms with Gasteiger partial charge < -0.3 is 19.9 Å². The average molecular weight is 342 g/mol. The zero-order valence-corrected chi connectivity index (χ0v) is 14.1. The normalized spacial score (nSPS) is 20.1. The van der Waals surface area contributed by atoms with E-state index in [1.165, 1.54) is 0 Å². The van der Waals surface area contributed by atoms with Crippen LogP contribution in [0, 0.1) is 6.92 Å². The lowest BCUT2D eigenvalue weighted by atomic mass is 10.0. The predicted octanol–water partition coefficient (Wildman–Crippen LogP) is 1.85. The van der Waals surface area contributed by atoms with E-state index in [4.69, 9.17) is 14.6 Å². The van der Waals surface area contributed by atoms with Crippen molar-refractivity contribution < 1.29 is 19.4 Å². The number of aliphatic hydroxyl groups excluding tert-OH is 1. The fraction of sp³-hybridized carbons (Fsp3) is 0.368. The van der Waals surface area contributed by atoms with E-state index in [1.54, 1.807) is 18.3 Å². The van der Waals surface area contributed by atoms with Gasteiger partial charge in [-0.2, -0.15) is 0 Å². The number of aliphatic hydroxyl groups is 1. The monoisotopic (exact) mass is 342 g/mol. The van der Waals surface area contributed by atoms with Crippen LogP contribution in [-0.4, -0.2) is 41.4 Å². The summed E-state index contributed by atoms with van der Waals surface area (Å²) in [4.78, 5) is 16.7. The van der Waals surface area contributed by atoms with Crippen LogP contribution >= 0.6 is 0 Å². The molecule has 2 N–H and O–H groups in total. The molecule has 1 fully saturated rings. The molecule has 0 radical (unpaired) electrons. The highest BCUT2D eigenvalue weighted by molar-refractivity contribution is 5.95. The SMILES string of the molecule is Cc1ncccc1C(=O)N[C@@H]1CCOC[C@H]1Oc1ccc(CO)cc1. The molecule has 0 bridgehead atoms. The highest BCUT2D eigenvalue weighted by atomic mass is 16.5. The van der Waals surface area contributed by atoms with Crippen LogP contribution in [0.4, 0.5) is 0 Å². The zero-order chi connectivity index (χ0) is 17.6. The minimum absolute atomic E-state index is 0.00400. The molecule has 1 aromatic carbocycles. The number of nitrogens with zero attached hydrogens (tertiary/aromatic N) is 1. The minimum atomic E-state index is -0.269. The third-order valence-electron chi connectivity index (χ3n) is 4.27. The fourth-order valence-corrected chi connectivity index (χ4v) is 2.81. The van der Waals surface area contributed by atoms with Gasteiger partial charge >= 0.3 is 0 Å². The van der Waals surface area contributed by atoms with Gasteiger partial charge in [-0.1, -0.05) is 12.1 Å². The second-order valence-corrected chi connectivity index (χ2v) is 6.04. The first kappa shape index (κ1) is 17.4. The van der Waals surface area contributed by atoms with E-state index < -0.39 is 0 Å². The quantitative estimate of drug-likeness (QED) is 0.867. The molecular weight excluding hydrogens is 320 g/mol. The maximum Gasteiger partial charge on any atom is 0.253 e. The molecule has 132 valence electrons. The number of hydrogen-bond donors (Lipinski definition) is 2. The number of nitrogens with one attached hydrogen (secondary N) is 1. The standard InChI is InChI=1S/C19H22N2O4/c1-13-16(3-2-9-20-13)19(23)21-17-8-10-24-12-18(17)25-15-6-4-14(11-22)5-7-15/h2-7,9,17-18,22H,8,10-12H2,1H3,(H,21,23)/t17-,18-/m1/s1.